The predicted octanol–water partition coefficient (Wildman–Crippen LogP) is 1.62. The molecule has 0 atom stereocenters. The Morgan fingerprint density at radius 1 is 1.25 bits per heavy atom. The van der Waals surface area contributed by atoms with Crippen molar-refractivity contribution in [2.45, 2.75) is 6.42 Å². The molecule has 2 aromatic carbocycles. The first-order valence-corrected chi connectivity index (χ1v) is 3.90. The Morgan fingerprint density at radius 2 is 2.08 bits per heavy atom. The summed E-state index contributed by atoms with van der Waals surface area (Å²) in [7, 11) is 0. The molecular formula is C10H6O2. The van der Waals surface area contributed by atoms with Crippen LogP contribution in [0, 0.1) is 0 Å². The molecule has 12 heavy (non-hydrogen) atoms. The number of benzene rings is 1. The first-order valence-electron chi connectivity index (χ1n) is 3.90. The molecule has 0 fully saturated rings. The Hall–Kier alpha value is -1.57. The second-order valence-electron chi connectivity index (χ2n) is 3.02. The Morgan fingerprint density at radius 3 is 3.00 bits per heavy atom. The molecule has 0 saturated heterocycles. The summed E-state index contributed by atoms with van der Waals surface area (Å²) in [5, 5.41) is 0. The molecule has 1 aliphatic rings. The standard InChI is InChI=1S/C10H6O2/c11-9-7-5-6-3-1-2-4-8(6)12-10(7)9/h1-4H,5H2. The fourth-order valence-electron chi connectivity index (χ4n) is 1.51. The average Bonchev–Trinajstić information content (AvgIpc) is 2.74. The highest BCUT2D eigenvalue weighted by molar-refractivity contribution is 5.57. The lowest BCUT2D eigenvalue weighted by atomic mass is 10.1. The monoisotopic (exact) mass is 158 g/mol. The first kappa shape index (κ1) is 6.00. The van der Waals surface area contributed by atoms with Crippen molar-refractivity contribution in [1.82, 2.24) is 0 Å². The second kappa shape index (κ2) is 1.78. The van der Waals surface area contributed by atoms with Gasteiger partial charge in [0.25, 0.3) is 0 Å². The molecule has 0 bridgehead atoms. The van der Waals surface area contributed by atoms with Gasteiger partial charge in [0.1, 0.15) is 5.75 Å². The highest BCUT2D eigenvalue weighted by Gasteiger charge is 2.30. The van der Waals surface area contributed by atoms with Crippen LogP contribution in [0.4, 0.5) is 0 Å². The highest BCUT2D eigenvalue weighted by Crippen LogP contribution is 2.37. The zero-order chi connectivity index (χ0) is 8.13. The average molecular weight is 158 g/mol. The normalized spacial score (nSPS) is 13.7. The molecule has 1 aliphatic heterocycles. The maximum atomic E-state index is 11.0. The van der Waals surface area contributed by atoms with Crippen LogP contribution < -0.4 is 10.2 Å². The molecule has 2 heteroatoms. The van der Waals surface area contributed by atoms with E-state index in [1.165, 1.54) is 0 Å². The summed E-state index contributed by atoms with van der Waals surface area (Å²) in [5.74, 6) is 1.41. The summed E-state index contributed by atoms with van der Waals surface area (Å²) < 4.78 is 5.35. The minimum Gasteiger partial charge on any atom is -0.452 e. The second-order valence-corrected chi connectivity index (χ2v) is 3.02. The van der Waals surface area contributed by atoms with Gasteiger partial charge < -0.3 is 4.74 Å². The maximum absolute atomic E-state index is 11.0. The fourth-order valence-corrected chi connectivity index (χ4v) is 1.51. The van der Waals surface area contributed by atoms with Crippen molar-refractivity contribution >= 4 is 0 Å². The summed E-state index contributed by atoms with van der Waals surface area (Å²) in [5.41, 5.74) is 2.07. The molecule has 3 rings (SSSR count). The van der Waals surface area contributed by atoms with Gasteiger partial charge in [-0.15, -0.1) is 0 Å². The summed E-state index contributed by atoms with van der Waals surface area (Å²) in [4.78, 5) is 11.0. The van der Waals surface area contributed by atoms with Crippen LogP contribution in [-0.2, 0) is 6.42 Å². The van der Waals surface area contributed by atoms with Crippen LogP contribution in [0.3, 0.4) is 0 Å². The third kappa shape index (κ3) is 0.619. The number of ether oxygens (including phenoxy) is 1. The fraction of sp³-hybridized carbons (Fsp3) is 0.100. The van der Waals surface area contributed by atoms with E-state index in [1.807, 2.05) is 24.3 Å². The SMILES string of the molecule is O=c1c2c1Oc1ccccc1C2. The smallest absolute Gasteiger partial charge is 0.228 e. The number of hydrogen-bond donors (Lipinski definition) is 0. The molecular weight excluding hydrogens is 152 g/mol. The van der Waals surface area contributed by atoms with Crippen molar-refractivity contribution in [2.75, 3.05) is 0 Å². The van der Waals surface area contributed by atoms with E-state index in [2.05, 4.69) is 0 Å². The highest BCUT2D eigenvalue weighted by atomic mass is 16.5. The van der Waals surface area contributed by atoms with Crippen LogP contribution in [0.5, 0.6) is 11.5 Å². The van der Waals surface area contributed by atoms with Crippen LogP contribution >= 0.6 is 0 Å². The topological polar surface area (TPSA) is 26.3 Å². The lowest BCUT2D eigenvalue weighted by Gasteiger charge is -2.09. The quantitative estimate of drug-likeness (QED) is 0.497. The van der Waals surface area contributed by atoms with Crippen molar-refractivity contribution in [2.24, 2.45) is 0 Å². The molecule has 0 spiro atoms. The van der Waals surface area contributed by atoms with Crippen molar-refractivity contribution in [3.63, 3.8) is 0 Å². The molecule has 0 N–H and O–H groups in total. The van der Waals surface area contributed by atoms with Gasteiger partial charge in [0, 0.05) is 6.42 Å². The van der Waals surface area contributed by atoms with E-state index in [4.69, 9.17) is 4.74 Å². The molecule has 2 aromatic rings. The van der Waals surface area contributed by atoms with E-state index in [0.717, 1.165) is 23.3 Å². The van der Waals surface area contributed by atoms with Gasteiger partial charge in [-0.3, -0.25) is 4.79 Å². The third-order valence-corrected chi connectivity index (χ3v) is 2.24. The van der Waals surface area contributed by atoms with Crippen LogP contribution in [0.25, 0.3) is 0 Å². The summed E-state index contributed by atoms with van der Waals surface area (Å²) in [6.07, 6.45) is 0.754. The van der Waals surface area contributed by atoms with E-state index < -0.39 is 0 Å². The van der Waals surface area contributed by atoms with Gasteiger partial charge in [-0.05, 0) is 11.6 Å². The third-order valence-electron chi connectivity index (χ3n) is 2.24. The predicted molar refractivity (Wildman–Crippen MR) is 44.4 cm³/mol. The molecule has 0 unspecified atom stereocenters. The summed E-state index contributed by atoms with van der Waals surface area (Å²) in [6.45, 7) is 0. The molecule has 0 aliphatic carbocycles. The van der Waals surface area contributed by atoms with Gasteiger partial charge in [-0.2, -0.15) is 0 Å². The number of para-hydroxylation sites is 1. The molecule has 58 valence electrons. The van der Waals surface area contributed by atoms with Gasteiger partial charge >= 0.3 is 0 Å². The van der Waals surface area contributed by atoms with E-state index in [9.17, 15) is 4.79 Å². The van der Waals surface area contributed by atoms with Gasteiger partial charge in [0.15, 0.2) is 5.75 Å². The maximum Gasteiger partial charge on any atom is 0.228 e. The van der Waals surface area contributed by atoms with E-state index in [-0.39, 0.29) is 5.43 Å². The zero-order valence-corrected chi connectivity index (χ0v) is 6.33. The van der Waals surface area contributed by atoms with Gasteiger partial charge in [-0.1, -0.05) is 18.2 Å². The van der Waals surface area contributed by atoms with Crippen LogP contribution in [-0.4, -0.2) is 0 Å². The van der Waals surface area contributed by atoms with E-state index >= 15 is 0 Å². The number of hydrogen-bond acceptors (Lipinski definition) is 2. The van der Waals surface area contributed by atoms with E-state index in [0.29, 0.717) is 5.75 Å². The van der Waals surface area contributed by atoms with Gasteiger partial charge in [0.05, 0.1) is 5.56 Å². The zero-order valence-electron chi connectivity index (χ0n) is 6.33. The van der Waals surface area contributed by atoms with E-state index in [1.54, 1.807) is 0 Å². The molecule has 0 amide bonds. The first-order chi connectivity index (χ1) is 5.86. The molecule has 2 nitrogen and oxygen atoms in total. The minimum absolute atomic E-state index is 0.103. The Balaban J connectivity index is 2.15. The Bertz CT molecular complexity index is 421. The van der Waals surface area contributed by atoms with Crippen LogP contribution in [0.15, 0.2) is 29.1 Å². The largest absolute Gasteiger partial charge is 0.452 e. The minimum atomic E-state index is 0.103. The van der Waals surface area contributed by atoms with Crippen molar-refractivity contribution in [1.29, 1.82) is 0 Å². The Labute approximate surface area is 69.1 Å². The Kier molecular flexibility index (Phi) is 0.888. The van der Waals surface area contributed by atoms with Crippen molar-refractivity contribution in [3.8, 4) is 11.5 Å². The molecule has 0 radical (unpaired) electrons. The molecule has 0 saturated carbocycles. The number of rotatable bonds is 0. The number of fused-ring (bicyclic) bond motifs is 2. The molecule has 0 aromatic heterocycles. The lowest BCUT2D eigenvalue weighted by molar-refractivity contribution is 0.478. The molecule has 1 heterocycles. The van der Waals surface area contributed by atoms with Crippen molar-refractivity contribution in [3.05, 3.63) is 45.6 Å². The van der Waals surface area contributed by atoms with Gasteiger partial charge in [-0.25, -0.2) is 0 Å². The summed E-state index contributed by atoms with van der Waals surface area (Å²) >= 11 is 0. The van der Waals surface area contributed by atoms with Crippen molar-refractivity contribution < 1.29 is 4.74 Å². The lowest BCUT2D eigenvalue weighted by Crippen LogP contribution is -1.93. The van der Waals surface area contributed by atoms with Gasteiger partial charge in [0.2, 0.25) is 5.43 Å². The van der Waals surface area contributed by atoms with Crippen LogP contribution in [0.2, 0.25) is 0 Å². The van der Waals surface area contributed by atoms with Crippen LogP contribution in [0.1, 0.15) is 11.1 Å². The summed E-state index contributed by atoms with van der Waals surface area (Å²) in [6, 6.07) is 7.76.